The third kappa shape index (κ3) is 9.61. The number of hydrogen-bond donors (Lipinski definition) is 0. The molecule has 0 aromatic rings. The van der Waals surface area contributed by atoms with Gasteiger partial charge in [0.1, 0.15) is 6.61 Å². The Balaban J connectivity index is 1.78. The van der Waals surface area contributed by atoms with Gasteiger partial charge in [0.15, 0.2) is 0 Å². The molecule has 0 N–H and O–H groups in total. The molecule has 0 atom stereocenters. The Bertz CT molecular complexity index is 284. The van der Waals surface area contributed by atoms with Crippen LogP contribution >= 0.6 is 0 Å². The summed E-state index contributed by atoms with van der Waals surface area (Å²) in [5.74, 6) is 0.424. The van der Waals surface area contributed by atoms with E-state index in [1.165, 1.54) is 25.7 Å². The predicted molar refractivity (Wildman–Crippen MR) is 80.2 cm³/mol. The van der Waals surface area contributed by atoms with Crippen LogP contribution in [0.3, 0.4) is 0 Å². The molecule has 1 aliphatic carbocycles. The SMILES string of the molecule is C=CC(=O)OCCOCCOCCOC1CCC(C)CC1. The highest BCUT2D eigenvalue weighted by Gasteiger charge is 2.18. The molecule has 1 aliphatic rings. The summed E-state index contributed by atoms with van der Waals surface area (Å²) in [6.07, 6.45) is 6.45. The zero-order valence-corrected chi connectivity index (χ0v) is 13.1. The molecule has 122 valence electrons. The molecule has 1 saturated carbocycles. The molecule has 0 aromatic heterocycles. The van der Waals surface area contributed by atoms with E-state index in [0.717, 1.165) is 12.0 Å². The van der Waals surface area contributed by atoms with Crippen LogP contribution < -0.4 is 0 Å². The average molecular weight is 300 g/mol. The number of rotatable bonds is 11. The normalized spacial score (nSPS) is 22.0. The van der Waals surface area contributed by atoms with Crippen LogP contribution in [-0.2, 0) is 23.7 Å². The first kappa shape index (κ1) is 18.1. The summed E-state index contributed by atoms with van der Waals surface area (Å²) in [5, 5.41) is 0. The van der Waals surface area contributed by atoms with Gasteiger partial charge >= 0.3 is 5.97 Å². The summed E-state index contributed by atoms with van der Waals surface area (Å²) in [5.41, 5.74) is 0. The van der Waals surface area contributed by atoms with Crippen LogP contribution in [0.5, 0.6) is 0 Å². The van der Waals surface area contributed by atoms with Gasteiger partial charge < -0.3 is 18.9 Å². The number of carbonyl (C=O) groups is 1. The lowest BCUT2D eigenvalue weighted by atomic mass is 9.89. The lowest BCUT2D eigenvalue weighted by Crippen LogP contribution is -2.22. The minimum atomic E-state index is -0.427. The lowest BCUT2D eigenvalue weighted by molar-refractivity contribution is -0.139. The van der Waals surface area contributed by atoms with Crippen LogP contribution in [-0.4, -0.2) is 51.7 Å². The van der Waals surface area contributed by atoms with E-state index in [-0.39, 0.29) is 6.61 Å². The van der Waals surface area contributed by atoms with Gasteiger partial charge in [-0.2, -0.15) is 0 Å². The van der Waals surface area contributed by atoms with Crippen molar-refractivity contribution < 1.29 is 23.7 Å². The molecule has 0 aliphatic heterocycles. The van der Waals surface area contributed by atoms with Crippen molar-refractivity contribution >= 4 is 5.97 Å². The van der Waals surface area contributed by atoms with E-state index < -0.39 is 5.97 Å². The van der Waals surface area contributed by atoms with Crippen molar-refractivity contribution in [1.82, 2.24) is 0 Å². The molecule has 0 saturated heterocycles. The Morgan fingerprint density at radius 3 is 2.19 bits per heavy atom. The van der Waals surface area contributed by atoms with Gasteiger partial charge in [-0.15, -0.1) is 0 Å². The summed E-state index contributed by atoms with van der Waals surface area (Å²) in [7, 11) is 0. The number of ether oxygens (including phenoxy) is 4. The fourth-order valence-electron chi connectivity index (χ4n) is 2.25. The maximum Gasteiger partial charge on any atom is 0.330 e. The van der Waals surface area contributed by atoms with Crippen LogP contribution in [0, 0.1) is 5.92 Å². The minimum absolute atomic E-state index is 0.244. The van der Waals surface area contributed by atoms with Crippen molar-refractivity contribution in [3.05, 3.63) is 12.7 Å². The van der Waals surface area contributed by atoms with Crippen LogP contribution in [0.4, 0.5) is 0 Å². The van der Waals surface area contributed by atoms with Crippen LogP contribution in [0.15, 0.2) is 12.7 Å². The summed E-state index contributed by atoms with van der Waals surface area (Å²) in [6.45, 7) is 8.50. The van der Waals surface area contributed by atoms with Gasteiger partial charge in [-0.25, -0.2) is 4.79 Å². The van der Waals surface area contributed by atoms with Crippen LogP contribution in [0.25, 0.3) is 0 Å². The molecule has 0 amide bonds. The Morgan fingerprint density at radius 1 is 1.00 bits per heavy atom. The van der Waals surface area contributed by atoms with Gasteiger partial charge in [-0.05, 0) is 31.6 Å². The molecule has 0 aromatic carbocycles. The average Bonchev–Trinajstić information content (AvgIpc) is 2.50. The van der Waals surface area contributed by atoms with E-state index >= 15 is 0 Å². The third-order valence-corrected chi connectivity index (χ3v) is 3.55. The van der Waals surface area contributed by atoms with Crippen molar-refractivity contribution in [3.63, 3.8) is 0 Å². The molecule has 1 rings (SSSR count). The van der Waals surface area contributed by atoms with Crippen LogP contribution in [0.2, 0.25) is 0 Å². The largest absolute Gasteiger partial charge is 0.460 e. The number of hydrogen-bond acceptors (Lipinski definition) is 5. The third-order valence-electron chi connectivity index (χ3n) is 3.55. The Kier molecular flexibility index (Phi) is 10.1. The standard InChI is InChI=1S/C16H28O5/c1-3-16(17)21-13-11-19-9-8-18-10-12-20-15-6-4-14(2)5-7-15/h3,14-15H,1,4-13H2,2H3. The zero-order chi connectivity index (χ0) is 15.3. The fraction of sp³-hybridized carbons (Fsp3) is 0.812. The molecule has 0 unspecified atom stereocenters. The maximum absolute atomic E-state index is 10.7. The highest BCUT2D eigenvalue weighted by Crippen LogP contribution is 2.25. The van der Waals surface area contributed by atoms with Gasteiger partial charge in [0.25, 0.3) is 0 Å². The minimum Gasteiger partial charge on any atom is -0.460 e. The molecule has 5 heteroatoms. The van der Waals surface area contributed by atoms with Gasteiger partial charge in [0.05, 0.1) is 39.1 Å². The van der Waals surface area contributed by atoms with Crippen molar-refractivity contribution in [2.45, 2.75) is 38.7 Å². The zero-order valence-electron chi connectivity index (χ0n) is 13.1. The highest BCUT2D eigenvalue weighted by molar-refractivity contribution is 5.81. The summed E-state index contributed by atoms with van der Waals surface area (Å²) in [6, 6.07) is 0. The predicted octanol–water partition coefficient (Wildman–Crippen LogP) is 2.34. The first-order valence-corrected chi connectivity index (χ1v) is 7.78. The van der Waals surface area contributed by atoms with Crippen molar-refractivity contribution in [3.8, 4) is 0 Å². The van der Waals surface area contributed by atoms with E-state index in [1.54, 1.807) is 0 Å². The van der Waals surface area contributed by atoms with E-state index in [0.29, 0.717) is 39.1 Å². The van der Waals surface area contributed by atoms with Crippen molar-refractivity contribution in [2.24, 2.45) is 5.92 Å². The lowest BCUT2D eigenvalue weighted by Gasteiger charge is -2.26. The monoisotopic (exact) mass is 300 g/mol. The molecule has 1 fully saturated rings. The first-order valence-electron chi connectivity index (χ1n) is 7.78. The highest BCUT2D eigenvalue weighted by atomic mass is 16.6. The molecule has 0 heterocycles. The Labute approximate surface area is 127 Å². The maximum atomic E-state index is 10.7. The first-order chi connectivity index (χ1) is 10.2. The Morgan fingerprint density at radius 2 is 1.57 bits per heavy atom. The molecule has 5 nitrogen and oxygen atoms in total. The fourth-order valence-corrected chi connectivity index (χ4v) is 2.25. The van der Waals surface area contributed by atoms with Crippen LogP contribution in [0.1, 0.15) is 32.6 Å². The quantitative estimate of drug-likeness (QED) is 0.333. The summed E-state index contributed by atoms with van der Waals surface area (Å²) < 4.78 is 21.2. The topological polar surface area (TPSA) is 54.0 Å². The van der Waals surface area contributed by atoms with Crippen molar-refractivity contribution in [1.29, 1.82) is 0 Å². The molecule has 0 spiro atoms. The van der Waals surface area contributed by atoms with Gasteiger partial charge in [0, 0.05) is 6.08 Å². The molecule has 0 radical (unpaired) electrons. The second kappa shape index (κ2) is 11.7. The second-order valence-electron chi connectivity index (χ2n) is 5.35. The number of carbonyl (C=O) groups excluding carboxylic acids is 1. The van der Waals surface area contributed by atoms with E-state index in [2.05, 4.69) is 13.5 Å². The van der Waals surface area contributed by atoms with E-state index in [9.17, 15) is 4.79 Å². The Hall–Kier alpha value is -0.910. The second-order valence-corrected chi connectivity index (χ2v) is 5.35. The summed E-state index contributed by atoms with van der Waals surface area (Å²) in [4.78, 5) is 10.7. The van der Waals surface area contributed by atoms with Gasteiger partial charge in [-0.3, -0.25) is 0 Å². The smallest absolute Gasteiger partial charge is 0.330 e. The molecular formula is C16H28O5. The van der Waals surface area contributed by atoms with Crippen molar-refractivity contribution in [2.75, 3.05) is 39.6 Å². The van der Waals surface area contributed by atoms with E-state index in [1.807, 2.05) is 0 Å². The molecular weight excluding hydrogens is 272 g/mol. The van der Waals surface area contributed by atoms with Gasteiger partial charge in [0.2, 0.25) is 0 Å². The number of esters is 1. The molecule has 0 bridgehead atoms. The van der Waals surface area contributed by atoms with E-state index in [4.69, 9.17) is 18.9 Å². The van der Waals surface area contributed by atoms with Gasteiger partial charge in [-0.1, -0.05) is 13.5 Å². The molecule has 21 heavy (non-hydrogen) atoms. The summed E-state index contributed by atoms with van der Waals surface area (Å²) >= 11 is 0.